The molecule has 0 aliphatic heterocycles. The molecule has 0 aromatic carbocycles. The standard InChI is InChI=1S/C12H15N3O4.BrH/c13-10(16)8-9(12(18)19)14-11(17)4-7-15-5-2-1-3-6-15;/h1-3,5-6,9H,4,7-8H2,(H3-,13,14,16,17,18,19);1H. The summed E-state index contributed by atoms with van der Waals surface area (Å²) in [4.78, 5) is 33.1. The van der Waals surface area contributed by atoms with E-state index in [0.717, 1.165) is 0 Å². The highest BCUT2D eigenvalue weighted by Gasteiger charge is 2.22. The maximum absolute atomic E-state index is 11.6. The van der Waals surface area contributed by atoms with Crippen molar-refractivity contribution in [3.05, 3.63) is 30.6 Å². The summed E-state index contributed by atoms with van der Waals surface area (Å²) in [5.41, 5.74) is 4.91. The van der Waals surface area contributed by atoms with E-state index in [4.69, 9.17) is 10.8 Å². The van der Waals surface area contributed by atoms with Crippen molar-refractivity contribution in [1.29, 1.82) is 0 Å². The van der Waals surface area contributed by atoms with Crippen LogP contribution in [-0.4, -0.2) is 28.9 Å². The molecular formula is C12H16BrN3O4. The lowest BCUT2D eigenvalue weighted by Crippen LogP contribution is -3.00. The monoisotopic (exact) mass is 345 g/mol. The summed E-state index contributed by atoms with van der Waals surface area (Å²) in [6.07, 6.45) is 3.30. The molecule has 0 fully saturated rings. The zero-order valence-electron chi connectivity index (χ0n) is 10.7. The molecule has 0 spiro atoms. The lowest BCUT2D eigenvalue weighted by molar-refractivity contribution is -0.695. The van der Waals surface area contributed by atoms with Gasteiger partial charge in [0.25, 0.3) is 0 Å². The van der Waals surface area contributed by atoms with Crippen LogP contribution in [0.4, 0.5) is 0 Å². The number of carboxylic acid groups (broad SMARTS) is 1. The number of carbonyl (C=O) groups is 3. The van der Waals surface area contributed by atoms with Crippen LogP contribution in [0.15, 0.2) is 30.6 Å². The second-order valence-corrected chi connectivity index (χ2v) is 3.99. The van der Waals surface area contributed by atoms with E-state index in [9.17, 15) is 14.4 Å². The molecule has 2 amide bonds. The Morgan fingerprint density at radius 2 is 1.80 bits per heavy atom. The first-order valence-corrected chi connectivity index (χ1v) is 5.73. The molecule has 20 heavy (non-hydrogen) atoms. The Bertz CT molecular complexity index is 467. The van der Waals surface area contributed by atoms with E-state index in [2.05, 4.69) is 5.32 Å². The van der Waals surface area contributed by atoms with Gasteiger partial charge in [-0.05, 0) is 0 Å². The minimum Gasteiger partial charge on any atom is -1.00 e. The Morgan fingerprint density at radius 3 is 2.30 bits per heavy atom. The van der Waals surface area contributed by atoms with E-state index in [1.165, 1.54) is 0 Å². The van der Waals surface area contributed by atoms with Gasteiger partial charge in [0.1, 0.15) is 6.04 Å². The summed E-state index contributed by atoms with van der Waals surface area (Å²) >= 11 is 0. The van der Waals surface area contributed by atoms with Gasteiger partial charge in [0.05, 0.1) is 12.8 Å². The molecule has 1 aromatic heterocycles. The van der Waals surface area contributed by atoms with Crippen molar-refractivity contribution in [2.24, 2.45) is 5.73 Å². The number of aliphatic carboxylic acids is 1. The number of nitrogens with zero attached hydrogens (tertiary/aromatic N) is 1. The van der Waals surface area contributed by atoms with Gasteiger partial charge >= 0.3 is 5.97 Å². The predicted octanol–water partition coefficient (Wildman–Crippen LogP) is -4.19. The number of nitrogens with one attached hydrogen (secondary N) is 1. The van der Waals surface area contributed by atoms with Gasteiger partial charge in [0.2, 0.25) is 11.8 Å². The SMILES string of the molecule is NC(=O)CC(NC(=O)CC[n+]1ccccc1)C(=O)O.[Br-]. The number of rotatable bonds is 7. The van der Waals surface area contributed by atoms with Crippen LogP contribution in [0.5, 0.6) is 0 Å². The average molecular weight is 346 g/mol. The zero-order valence-corrected chi connectivity index (χ0v) is 12.2. The van der Waals surface area contributed by atoms with Crippen molar-refractivity contribution >= 4 is 17.8 Å². The molecular weight excluding hydrogens is 330 g/mol. The molecule has 1 aromatic rings. The molecule has 1 unspecified atom stereocenters. The number of halogens is 1. The van der Waals surface area contributed by atoms with Gasteiger partial charge in [-0.3, -0.25) is 9.59 Å². The third kappa shape index (κ3) is 6.83. The average Bonchev–Trinajstić information content (AvgIpc) is 2.36. The molecule has 7 nitrogen and oxygen atoms in total. The molecule has 1 atom stereocenters. The van der Waals surface area contributed by atoms with Crippen LogP contribution < -0.4 is 32.6 Å². The number of hydrogen-bond acceptors (Lipinski definition) is 3. The van der Waals surface area contributed by atoms with Gasteiger partial charge in [0.15, 0.2) is 18.9 Å². The summed E-state index contributed by atoms with van der Waals surface area (Å²) in [5.74, 6) is -2.49. The lowest BCUT2D eigenvalue weighted by atomic mass is 10.2. The Hall–Kier alpha value is -1.96. The normalized spacial score (nSPS) is 11.0. The molecule has 0 bridgehead atoms. The van der Waals surface area contributed by atoms with E-state index in [1.54, 1.807) is 17.0 Å². The van der Waals surface area contributed by atoms with E-state index in [1.807, 2.05) is 18.2 Å². The summed E-state index contributed by atoms with van der Waals surface area (Å²) < 4.78 is 1.80. The maximum Gasteiger partial charge on any atom is 0.326 e. The van der Waals surface area contributed by atoms with Crippen LogP contribution in [0, 0.1) is 0 Å². The fraction of sp³-hybridized carbons (Fsp3) is 0.333. The van der Waals surface area contributed by atoms with Crippen molar-refractivity contribution < 1.29 is 41.0 Å². The van der Waals surface area contributed by atoms with Gasteiger partial charge in [-0.1, -0.05) is 6.07 Å². The fourth-order valence-corrected chi connectivity index (χ4v) is 1.48. The molecule has 0 radical (unpaired) electrons. The molecule has 0 aliphatic carbocycles. The first kappa shape index (κ1) is 18.0. The topological polar surface area (TPSA) is 113 Å². The number of aryl methyl sites for hydroxylation is 1. The van der Waals surface area contributed by atoms with Gasteiger partial charge in [-0.25, -0.2) is 9.36 Å². The van der Waals surface area contributed by atoms with Crippen LogP contribution in [0.25, 0.3) is 0 Å². The number of hydrogen-bond donors (Lipinski definition) is 3. The van der Waals surface area contributed by atoms with E-state index in [0.29, 0.717) is 6.54 Å². The van der Waals surface area contributed by atoms with E-state index < -0.39 is 30.2 Å². The van der Waals surface area contributed by atoms with Gasteiger partial charge in [0, 0.05) is 12.1 Å². The van der Waals surface area contributed by atoms with Crippen molar-refractivity contribution in [3.63, 3.8) is 0 Å². The van der Waals surface area contributed by atoms with Crippen LogP contribution in [-0.2, 0) is 20.9 Å². The van der Waals surface area contributed by atoms with Crippen molar-refractivity contribution in [2.45, 2.75) is 25.4 Å². The summed E-state index contributed by atoms with van der Waals surface area (Å²) in [6.45, 7) is 0.426. The Morgan fingerprint density at radius 1 is 1.20 bits per heavy atom. The highest BCUT2D eigenvalue weighted by Crippen LogP contribution is 1.93. The first-order chi connectivity index (χ1) is 8.99. The lowest BCUT2D eigenvalue weighted by Gasteiger charge is -2.11. The Balaban J connectivity index is 0.00000361. The largest absolute Gasteiger partial charge is 1.00 e. The van der Waals surface area contributed by atoms with Crippen LogP contribution in [0.2, 0.25) is 0 Å². The van der Waals surface area contributed by atoms with E-state index >= 15 is 0 Å². The second kappa shape index (κ2) is 9.03. The Kier molecular flexibility index (Phi) is 8.14. The van der Waals surface area contributed by atoms with Crippen molar-refractivity contribution in [3.8, 4) is 0 Å². The fourth-order valence-electron chi connectivity index (χ4n) is 1.48. The third-order valence-electron chi connectivity index (χ3n) is 2.41. The first-order valence-electron chi connectivity index (χ1n) is 5.73. The quantitative estimate of drug-likeness (QED) is 0.435. The summed E-state index contributed by atoms with van der Waals surface area (Å²) in [7, 11) is 0. The number of nitrogens with two attached hydrogens (primary N) is 1. The highest BCUT2D eigenvalue weighted by atomic mass is 79.9. The molecule has 8 heteroatoms. The number of primary amides is 1. The zero-order chi connectivity index (χ0) is 14.3. The molecule has 4 N–H and O–H groups in total. The summed E-state index contributed by atoms with van der Waals surface area (Å²) in [5, 5.41) is 11.1. The second-order valence-electron chi connectivity index (χ2n) is 3.99. The van der Waals surface area contributed by atoms with Crippen LogP contribution in [0.3, 0.4) is 0 Å². The van der Waals surface area contributed by atoms with Crippen LogP contribution >= 0.6 is 0 Å². The molecule has 1 rings (SSSR count). The predicted molar refractivity (Wildman–Crippen MR) is 64.6 cm³/mol. The van der Waals surface area contributed by atoms with Gasteiger partial charge < -0.3 is 33.1 Å². The smallest absolute Gasteiger partial charge is 0.326 e. The number of carboxylic acids is 1. The maximum atomic E-state index is 11.6. The van der Waals surface area contributed by atoms with Gasteiger partial charge in [-0.2, -0.15) is 0 Å². The molecule has 0 aliphatic rings. The number of pyridine rings is 1. The van der Waals surface area contributed by atoms with Gasteiger partial charge in [-0.15, -0.1) is 0 Å². The van der Waals surface area contributed by atoms with E-state index in [-0.39, 0.29) is 23.4 Å². The van der Waals surface area contributed by atoms with Crippen molar-refractivity contribution in [2.75, 3.05) is 0 Å². The highest BCUT2D eigenvalue weighted by molar-refractivity contribution is 5.88. The minimum atomic E-state index is -1.28. The Labute approximate surface area is 126 Å². The summed E-state index contributed by atoms with van der Waals surface area (Å²) in [6, 6.07) is 4.23. The number of amides is 2. The third-order valence-corrected chi connectivity index (χ3v) is 2.41. The molecule has 1 heterocycles. The van der Waals surface area contributed by atoms with Crippen molar-refractivity contribution in [1.82, 2.24) is 5.32 Å². The number of carbonyl (C=O) groups excluding carboxylic acids is 2. The molecule has 110 valence electrons. The van der Waals surface area contributed by atoms with Crippen LogP contribution in [0.1, 0.15) is 12.8 Å². The number of aromatic nitrogens is 1. The molecule has 0 saturated carbocycles. The minimum absolute atomic E-state index is 0. The molecule has 0 saturated heterocycles.